The second-order valence-electron chi connectivity index (χ2n) is 4.07. The molecule has 78 valence electrons. The van der Waals surface area contributed by atoms with Crippen molar-refractivity contribution in [3.05, 3.63) is 0 Å². The van der Waals surface area contributed by atoms with Crippen LogP contribution in [0.25, 0.3) is 0 Å². The second kappa shape index (κ2) is 6.72. The first kappa shape index (κ1) is 11.4. The summed E-state index contributed by atoms with van der Waals surface area (Å²) in [6, 6.07) is 0. The lowest BCUT2D eigenvalue weighted by atomic mass is 9.93. The number of hydrogen-bond acceptors (Lipinski definition) is 2. The quantitative estimate of drug-likeness (QED) is 0.673. The summed E-state index contributed by atoms with van der Waals surface area (Å²) < 4.78 is 0. The van der Waals surface area contributed by atoms with E-state index in [4.69, 9.17) is 0 Å². The van der Waals surface area contributed by atoms with E-state index < -0.39 is 0 Å². The SMILES string of the molecule is CCCC1CCN(CCSC)CC1. The fourth-order valence-electron chi connectivity index (χ4n) is 2.13. The number of hydrogen-bond donors (Lipinski definition) is 0. The molecule has 0 aromatic heterocycles. The Bertz CT molecular complexity index is 119. The molecule has 1 heterocycles. The third-order valence-electron chi connectivity index (χ3n) is 3.02. The average molecular weight is 201 g/mol. The third-order valence-corrected chi connectivity index (χ3v) is 3.61. The van der Waals surface area contributed by atoms with Crippen LogP contribution in [0.1, 0.15) is 32.6 Å². The van der Waals surface area contributed by atoms with Gasteiger partial charge in [-0.3, -0.25) is 0 Å². The van der Waals surface area contributed by atoms with Crippen LogP contribution in [0.5, 0.6) is 0 Å². The number of piperidine rings is 1. The Hall–Kier alpha value is 0.310. The maximum Gasteiger partial charge on any atom is 0.00722 e. The molecule has 0 atom stereocenters. The largest absolute Gasteiger partial charge is 0.302 e. The summed E-state index contributed by atoms with van der Waals surface area (Å²) in [4.78, 5) is 2.63. The van der Waals surface area contributed by atoms with Crippen LogP contribution in [0.3, 0.4) is 0 Å². The van der Waals surface area contributed by atoms with Crippen LogP contribution in [0.4, 0.5) is 0 Å². The van der Waals surface area contributed by atoms with E-state index in [1.165, 1.54) is 51.1 Å². The highest BCUT2D eigenvalue weighted by atomic mass is 32.2. The predicted molar refractivity (Wildman–Crippen MR) is 62.5 cm³/mol. The van der Waals surface area contributed by atoms with E-state index >= 15 is 0 Å². The molecule has 1 fully saturated rings. The first-order chi connectivity index (χ1) is 6.36. The minimum Gasteiger partial charge on any atom is -0.302 e. The highest BCUT2D eigenvalue weighted by Crippen LogP contribution is 2.21. The van der Waals surface area contributed by atoms with Crippen LogP contribution in [0.15, 0.2) is 0 Å². The van der Waals surface area contributed by atoms with Gasteiger partial charge in [-0.2, -0.15) is 11.8 Å². The summed E-state index contributed by atoms with van der Waals surface area (Å²) in [6.45, 7) is 6.32. The van der Waals surface area contributed by atoms with Crippen LogP contribution in [-0.4, -0.2) is 36.5 Å². The highest BCUT2D eigenvalue weighted by molar-refractivity contribution is 7.98. The Kier molecular flexibility index (Phi) is 5.88. The van der Waals surface area contributed by atoms with Crippen LogP contribution >= 0.6 is 11.8 Å². The molecule has 0 radical (unpaired) electrons. The summed E-state index contributed by atoms with van der Waals surface area (Å²) in [5, 5.41) is 0. The maximum atomic E-state index is 2.63. The average Bonchev–Trinajstić information content (AvgIpc) is 2.17. The first-order valence-corrected chi connectivity index (χ1v) is 6.97. The summed E-state index contributed by atoms with van der Waals surface area (Å²) in [5.74, 6) is 2.34. The standard InChI is InChI=1S/C11H23NS/c1-3-4-11-5-7-12(8-6-11)9-10-13-2/h11H,3-10H2,1-2H3. The van der Waals surface area contributed by atoms with Gasteiger partial charge in [-0.1, -0.05) is 19.8 Å². The Labute approximate surface area is 87.3 Å². The van der Waals surface area contributed by atoms with Gasteiger partial charge in [0.2, 0.25) is 0 Å². The summed E-state index contributed by atoms with van der Waals surface area (Å²) in [6.07, 6.45) is 7.92. The predicted octanol–water partition coefficient (Wildman–Crippen LogP) is 2.86. The van der Waals surface area contributed by atoms with Gasteiger partial charge in [0, 0.05) is 12.3 Å². The molecule has 0 aromatic carbocycles. The molecule has 0 N–H and O–H groups in total. The van der Waals surface area contributed by atoms with Gasteiger partial charge in [-0.05, 0) is 38.1 Å². The van der Waals surface area contributed by atoms with Crippen molar-refractivity contribution in [2.24, 2.45) is 5.92 Å². The summed E-state index contributed by atoms with van der Waals surface area (Å²) in [5.41, 5.74) is 0. The Morgan fingerprint density at radius 1 is 1.31 bits per heavy atom. The van der Waals surface area contributed by atoms with Crippen molar-refractivity contribution in [1.29, 1.82) is 0 Å². The zero-order valence-corrected chi connectivity index (χ0v) is 9.91. The van der Waals surface area contributed by atoms with Crippen molar-refractivity contribution in [1.82, 2.24) is 4.90 Å². The molecular weight excluding hydrogens is 178 g/mol. The Morgan fingerprint density at radius 2 is 2.00 bits per heavy atom. The van der Waals surface area contributed by atoms with Gasteiger partial charge in [-0.15, -0.1) is 0 Å². The molecule has 2 heteroatoms. The smallest absolute Gasteiger partial charge is 0.00722 e. The van der Waals surface area contributed by atoms with Crippen LogP contribution in [0, 0.1) is 5.92 Å². The lowest BCUT2D eigenvalue weighted by Crippen LogP contribution is -2.35. The van der Waals surface area contributed by atoms with Crippen LogP contribution < -0.4 is 0 Å². The van der Waals surface area contributed by atoms with Gasteiger partial charge in [0.05, 0.1) is 0 Å². The molecule has 13 heavy (non-hydrogen) atoms. The number of nitrogens with zero attached hydrogens (tertiary/aromatic N) is 1. The van der Waals surface area contributed by atoms with E-state index in [9.17, 15) is 0 Å². The number of likely N-dealkylation sites (tertiary alicyclic amines) is 1. The monoisotopic (exact) mass is 201 g/mol. The Morgan fingerprint density at radius 3 is 2.54 bits per heavy atom. The van der Waals surface area contributed by atoms with E-state index in [-0.39, 0.29) is 0 Å². The number of thioether (sulfide) groups is 1. The summed E-state index contributed by atoms with van der Waals surface area (Å²) in [7, 11) is 0. The normalized spacial score (nSPS) is 20.8. The fraction of sp³-hybridized carbons (Fsp3) is 1.00. The van der Waals surface area contributed by atoms with Crippen LogP contribution in [0.2, 0.25) is 0 Å². The van der Waals surface area contributed by atoms with Gasteiger partial charge in [0.25, 0.3) is 0 Å². The van der Waals surface area contributed by atoms with Gasteiger partial charge in [0.15, 0.2) is 0 Å². The molecule has 0 unspecified atom stereocenters. The van der Waals surface area contributed by atoms with E-state index in [1.807, 2.05) is 11.8 Å². The first-order valence-electron chi connectivity index (χ1n) is 5.58. The van der Waals surface area contributed by atoms with Crippen molar-refractivity contribution < 1.29 is 0 Å². The molecule has 0 spiro atoms. The lowest BCUT2D eigenvalue weighted by Gasteiger charge is -2.31. The van der Waals surface area contributed by atoms with Crippen molar-refractivity contribution in [2.75, 3.05) is 31.6 Å². The molecule has 1 nitrogen and oxygen atoms in total. The zero-order valence-electron chi connectivity index (χ0n) is 9.09. The van der Waals surface area contributed by atoms with Gasteiger partial charge < -0.3 is 4.90 Å². The molecule has 0 amide bonds. The molecule has 1 rings (SSSR count). The molecule has 1 aliphatic rings. The second-order valence-corrected chi connectivity index (χ2v) is 5.05. The molecular formula is C11H23NS. The fourth-order valence-corrected chi connectivity index (χ4v) is 2.57. The molecule has 0 aliphatic carbocycles. The number of rotatable bonds is 5. The van der Waals surface area contributed by atoms with Crippen molar-refractivity contribution >= 4 is 11.8 Å². The van der Waals surface area contributed by atoms with Crippen LogP contribution in [-0.2, 0) is 0 Å². The molecule has 1 aliphatic heterocycles. The minimum absolute atomic E-state index is 1.04. The van der Waals surface area contributed by atoms with E-state index in [0.717, 1.165) is 5.92 Å². The Balaban J connectivity index is 2.08. The molecule has 1 saturated heterocycles. The topological polar surface area (TPSA) is 3.24 Å². The van der Waals surface area contributed by atoms with Crippen molar-refractivity contribution in [2.45, 2.75) is 32.6 Å². The molecule has 0 bridgehead atoms. The van der Waals surface area contributed by atoms with E-state index in [0.29, 0.717) is 0 Å². The minimum atomic E-state index is 1.04. The third kappa shape index (κ3) is 4.37. The van der Waals surface area contributed by atoms with Crippen molar-refractivity contribution in [3.63, 3.8) is 0 Å². The van der Waals surface area contributed by atoms with E-state index in [1.54, 1.807) is 0 Å². The van der Waals surface area contributed by atoms with Gasteiger partial charge in [-0.25, -0.2) is 0 Å². The lowest BCUT2D eigenvalue weighted by molar-refractivity contribution is 0.187. The maximum absolute atomic E-state index is 2.63. The van der Waals surface area contributed by atoms with Gasteiger partial charge in [0.1, 0.15) is 0 Å². The van der Waals surface area contributed by atoms with Gasteiger partial charge >= 0.3 is 0 Å². The van der Waals surface area contributed by atoms with Crippen molar-refractivity contribution in [3.8, 4) is 0 Å². The highest BCUT2D eigenvalue weighted by Gasteiger charge is 2.17. The summed E-state index contributed by atoms with van der Waals surface area (Å²) >= 11 is 1.96. The zero-order chi connectivity index (χ0) is 9.52. The molecule has 0 saturated carbocycles. The van der Waals surface area contributed by atoms with E-state index in [2.05, 4.69) is 18.1 Å². The molecule has 0 aromatic rings.